The molecule has 0 atom stereocenters. The fourth-order valence-electron chi connectivity index (χ4n) is 6.40. The first-order valence-corrected chi connectivity index (χ1v) is 21.6. The van der Waals surface area contributed by atoms with Crippen LogP contribution < -0.4 is 10.4 Å². The van der Waals surface area contributed by atoms with Crippen molar-refractivity contribution in [1.82, 2.24) is 0 Å². The van der Waals surface area contributed by atoms with Gasteiger partial charge < -0.3 is 28.1 Å². The molecule has 2 aromatic carbocycles. The van der Waals surface area contributed by atoms with Crippen LogP contribution in [0.4, 0.5) is 0 Å². The van der Waals surface area contributed by atoms with Crippen LogP contribution in [0.1, 0.15) is 118 Å². The smallest absolute Gasteiger partial charge is 0.261 e. The summed E-state index contributed by atoms with van der Waals surface area (Å²) in [6.07, 6.45) is 19.3. The number of unbranched alkanes of at least 4 members (excludes halogenated alkanes) is 13. The van der Waals surface area contributed by atoms with Crippen LogP contribution in [0.5, 0.6) is 0 Å². The largest absolute Gasteiger partial charge is 0.405 e. The Labute approximate surface area is 302 Å². The van der Waals surface area contributed by atoms with Crippen molar-refractivity contribution >= 4 is 18.7 Å². The van der Waals surface area contributed by atoms with Crippen molar-refractivity contribution in [1.29, 1.82) is 0 Å². The minimum atomic E-state index is -2.52. The summed E-state index contributed by atoms with van der Waals surface area (Å²) >= 11 is 0. The molecule has 0 saturated carbocycles. The monoisotopic (exact) mass is 701 g/mol. The highest BCUT2D eigenvalue weighted by Gasteiger charge is 2.50. The van der Waals surface area contributed by atoms with Crippen LogP contribution in [0.25, 0.3) is 0 Å². The summed E-state index contributed by atoms with van der Waals surface area (Å²) in [5, 5.41) is 2.53. The van der Waals surface area contributed by atoms with E-state index in [1.165, 1.54) is 93.8 Å². The van der Waals surface area contributed by atoms with E-state index >= 15 is 0 Å². The van der Waals surface area contributed by atoms with Crippen molar-refractivity contribution < 1.29 is 28.1 Å². The molecular weight excluding hydrogens is 629 g/mol. The molecule has 0 aromatic heterocycles. The van der Waals surface area contributed by atoms with E-state index in [0.717, 1.165) is 13.0 Å². The van der Waals surface area contributed by atoms with Gasteiger partial charge in [-0.15, -0.1) is 0 Å². The van der Waals surface area contributed by atoms with Gasteiger partial charge in [0.15, 0.2) is 0 Å². The molecular formula is C42H72O6Si. The van der Waals surface area contributed by atoms with Gasteiger partial charge >= 0.3 is 0 Å². The summed E-state index contributed by atoms with van der Waals surface area (Å²) in [5.74, 6) is 0. The standard InChI is InChI=1S/C42H72O6Si/c1-5-6-7-8-9-10-11-12-13-14-15-16-17-24-29-43-30-31-44-32-33-45-34-35-46-36-37-47-38-39-48-49(42(2,3)4,40-25-20-18-21-26-40)41-27-22-19-23-28-41/h18-23,25-28H,5-17,24,29-39H2,1-4H3. The first-order chi connectivity index (χ1) is 24.0. The molecule has 0 saturated heterocycles. The molecule has 0 amide bonds. The molecule has 0 unspecified atom stereocenters. The van der Waals surface area contributed by atoms with Crippen molar-refractivity contribution in [3.63, 3.8) is 0 Å². The van der Waals surface area contributed by atoms with Crippen LogP contribution in [0, 0.1) is 0 Å². The molecule has 6 nitrogen and oxygen atoms in total. The lowest BCUT2D eigenvalue weighted by Gasteiger charge is -2.43. The van der Waals surface area contributed by atoms with Gasteiger partial charge in [-0.25, -0.2) is 0 Å². The average molecular weight is 701 g/mol. The van der Waals surface area contributed by atoms with Gasteiger partial charge in [0.1, 0.15) is 0 Å². The van der Waals surface area contributed by atoms with Crippen molar-refractivity contribution in [3.05, 3.63) is 60.7 Å². The van der Waals surface area contributed by atoms with E-state index < -0.39 is 8.32 Å². The lowest BCUT2D eigenvalue weighted by molar-refractivity contribution is -0.0130. The maximum atomic E-state index is 6.86. The number of hydrogen-bond donors (Lipinski definition) is 0. The van der Waals surface area contributed by atoms with Gasteiger partial charge in [-0.2, -0.15) is 0 Å². The van der Waals surface area contributed by atoms with E-state index in [1.807, 2.05) is 0 Å². The van der Waals surface area contributed by atoms with Gasteiger partial charge in [-0.3, -0.25) is 0 Å². The Hall–Kier alpha value is -1.58. The van der Waals surface area contributed by atoms with Crippen LogP contribution in [0.3, 0.4) is 0 Å². The number of ether oxygens (including phenoxy) is 5. The maximum absolute atomic E-state index is 6.86. The predicted octanol–water partition coefficient (Wildman–Crippen LogP) is 9.13. The highest BCUT2D eigenvalue weighted by molar-refractivity contribution is 6.99. The summed E-state index contributed by atoms with van der Waals surface area (Å²) in [5.41, 5.74) is 0. The minimum Gasteiger partial charge on any atom is -0.405 e. The van der Waals surface area contributed by atoms with E-state index in [1.54, 1.807) is 0 Å². The first kappa shape index (κ1) is 43.6. The van der Waals surface area contributed by atoms with Crippen LogP contribution in [0.15, 0.2) is 60.7 Å². The third kappa shape index (κ3) is 19.6. The molecule has 2 rings (SSSR count). The van der Waals surface area contributed by atoms with E-state index in [-0.39, 0.29) is 5.04 Å². The van der Waals surface area contributed by atoms with Crippen LogP contribution in [-0.2, 0) is 28.1 Å². The van der Waals surface area contributed by atoms with Crippen LogP contribution >= 0.6 is 0 Å². The van der Waals surface area contributed by atoms with E-state index in [0.29, 0.717) is 66.1 Å². The van der Waals surface area contributed by atoms with Crippen LogP contribution in [-0.4, -0.2) is 81.0 Å². The molecule has 0 heterocycles. The maximum Gasteiger partial charge on any atom is 0.261 e. The van der Waals surface area contributed by atoms with Crippen molar-refractivity contribution in [3.8, 4) is 0 Å². The van der Waals surface area contributed by atoms with Crippen LogP contribution in [0.2, 0.25) is 5.04 Å². The molecule has 0 aliphatic heterocycles. The first-order valence-electron chi connectivity index (χ1n) is 19.7. The zero-order valence-corrected chi connectivity index (χ0v) is 32.9. The van der Waals surface area contributed by atoms with Gasteiger partial charge in [0.2, 0.25) is 0 Å². The highest BCUT2D eigenvalue weighted by atomic mass is 28.4. The molecule has 2 aromatic rings. The number of rotatable bonds is 33. The number of benzene rings is 2. The molecule has 280 valence electrons. The third-order valence-corrected chi connectivity index (χ3v) is 14.1. The molecule has 0 fully saturated rings. The Morgan fingerprint density at radius 2 is 0.694 bits per heavy atom. The quantitative estimate of drug-likeness (QED) is 0.0547. The van der Waals surface area contributed by atoms with Gasteiger partial charge in [-0.05, 0) is 21.8 Å². The van der Waals surface area contributed by atoms with Crippen molar-refractivity contribution in [2.75, 3.05) is 72.7 Å². The summed E-state index contributed by atoms with van der Waals surface area (Å²) in [6, 6.07) is 21.4. The lowest BCUT2D eigenvalue weighted by atomic mass is 10.0. The zero-order valence-electron chi connectivity index (χ0n) is 31.9. The van der Waals surface area contributed by atoms with Gasteiger partial charge in [-0.1, -0.05) is 172 Å². The fourth-order valence-corrected chi connectivity index (χ4v) is 10.9. The summed E-state index contributed by atoms with van der Waals surface area (Å²) in [7, 11) is -2.52. The minimum absolute atomic E-state index is 0.0387. The molecule has 7 heteroatoms. The summed E-state index contributed by atoms with van der Waals surface area (Å²) in [6.45, 7) is 15.7. The second-order valence-electron chi connectivity index (χ2n) is 14.2. The third-order valence-electron chi connectivity index (χ3n) is 9.09. The highest BCUT2D eigenvalue weighted by Crippen LogP contribution is 2.36. The predicted molar refractivity (Wildman–Crippen MR) is 208 cm³/mol. The number of hydrogen-bond acceptors (Lipinski definition) is 6. The van der Waals surface area contributed by atoms with Crippen molar-refractivity contribution in [2.45, 2.75) is 123 Å². The van der Waals surface area contributed by atoms with E-state index in [4.69, 9.17) is 28.1 Å². The Morgan fingerprint density at radius 1 is 0.388 bits per heavy atom. The molecule has 49 heavy (non-hydrogen) atoms. The van der Waals surface area contributed by atoms with E-state index in [2.05, 4.69) is 88.4 Å². The Morgan fingerprint density at radius 3 is 1.04 bits per heavy atom. The molecule has 0 spiro atoms. The average Bonchev–Trinajstić information content (AvgIpc) is 3.11. The second-order valence-corrected chi connectivity index (χ2v) is 18.5. The summed E-state index contributed by atoms with van der Waals surface area (Å²) < 4.78 is 35.4. The topological polar surface area (TPSA) is 55.4 Å². The fraction of sp³-hybridized carbons (Fsp3) is 0.714. The van der Waals surface area contributed by atoms with Gasteiger partial charge in [0.25, 0.3) is 8.32 Å². The van der Waals surface area contributed by atoms with Gasteiger partial charge in [0, 0.05) is 6.61 Å². The molecule has 0 aliphatic rings. The molecule has 0 aliphatic carbocycles. The lowest BCUT2D eigenvalue weighted by Crippen LogP contribution is -2.66. The molecule has 0 radical (unpaired) electrons. The normalized spacial score (nSPS) is 12.2. The Balaban J connectivity index is 1.36. The molecule has 0 bridgehead atoms. The second kappa shape index (κ2) is 29.0. The Bertz CT molecular complexity index is 944. The van der Waals surface area contributed by atoms with E-state index in [9.17, 15) is 0 Å². The molecule has 0 N–H and O–H groups in total. The summed E-state index contributed by atoms with van der Waals surface area (Å²) in [4.78, 5) is 0. The SMILES string of the molecule is CCCCCCCCCCCCCCCCOCCOCCOCCOCCOCCO[Si](c1ccccc1)(c1ccccc1)C(C)(C)C. The Kier molecular flexibility index (Phi) is 25.8. The van der Waals surface area contributed by atoms with Crippen molar-refractivity contribution in [2.24, 2.45) is 0 Å². The zero-order chi connectivity index (χ0) is 35.1. The van der Waals surface area contributed by atoms with Gasteiger partial charge in [0.05, 0.1) is 66.1 Å².